The van der Waals surface area contributed by atoms with Gasteiger partial charge in [0.15, 0.2) is 5.65 Å². The number of hydrogen-bond donors (Lipinski definition) is 1. The highest BCUT2D eigenvalue weighted by atomic mass is 15.3. The van der Waals surface area contributed by atoms with Crippen LogP contribution in [-0.2, 0) is 6.42 Å². The summed E-state index contributed by atoms with van der Waals surface area (Å²) in [5.74, 6) is 0.828. The number of likely N-dealkylation sites (N-methyl/N-ethyl adjacent to an activating group) is 1. The minimum absolute atomic E-state index is 0.828. The third-order valence-electron chi connectivity index (χ3n) is 7.44. The Morgan fingerprint density at radius 1 is 0.971 bits per heavy atom. The van der Waals surface area contributed by atoms with Crippen LogP contribution in [0.3, 0.4) is 0 Å². The van der Waals surface area contributed by atoms with Crippen LogP contribution in [0.15, 0.2) is 60.6 Å². The smallest absolute Gasteiger partial charge is 0.160 e. The molecule has 0 unspecified atom stereocenters. The van der Waals surface area contributed by atoms with E-state index in [0.29, 0.717) is 0 Å². The second-order valence-corrected chi connectivity index (χ2v) is 9.71. The van der Waals surface area contributed by atoms with Crippen LogP contribution >= 0.6 is 0 Å². The van der Waals surface area contributed by atoms with Gasteiger partial charge in [0.25, 0.3) is 0 Å². The fourth-order valence-electron chi connectivity index (χ4n) is 5.39. The molecule has 0 saturated carbocycles. The van der Waals surface area contributed by atoms with Crippen LogP contribution in [0.5, 0.6) is 0 Å². The molecule has 35 heavy (non-hydrogen) atoms. The largest absolute Gasteiger partial charge is 0.368 e. The van der Waals surface area contributed by atoms with Crippen molar-refractivity contribution in [3.05, 3.63) is 77.4 Å². The Labute approximate surface area is 206 Å². The summed E-state index contributed by atoms with van der Waals surface area (Å²) in [6.07, 6.45) is 9.20. The van der Waals surface area contributed by atoms with E-state index in [1.54, 1.807) is 0 Å². The molecule has 1 saturated heterocycles. The maximum absolute atomic E-state index is 4.75. The number of imidazole rings is 1. The molecule has 6 rings (SSSR count). The number of aryl methyl sites for hydroxylation is 1. The molecule has 4 heterocycles. The molecule has 1 aliphatic heterocycles. The van der Waals surface area contributed by atoms with Crippen LogP contribution in [0.4, 0.5) is 17.2 Å². The van der Waals surface area contributed by atoms with E-state index >= 15 is 0 Å². The molecular formula is C29H32N6. The number of allylic oxidation sites excluding steroid dienone is 1. The molecule has 6 nitrogen and oxygen atoms in total. The van der Waals surface area contributed by atoms with Gasteiger partial charge in [-0.1, -0.05) is 36.8 Å². The molecule has 0 atom stereocenters. The number of benzene rings is 1. The third-order valence-corrected chi connectivity index (χ3v) is 7.44. The standard InChI is InChI=1S/C29H32N6/c1-4-33-11-13-34(14-12-33)25-7-8-28(31-19-25)32-27-18-26(21(3)35-10-9-30-29(27)35)23-6-5-22-15-20(2)16-24(22)17-23/h5-10,15,17-19H,4,11-14,16H2,1-3H3,(H,31,32). The van der Waals surface area contributed by atoms with Crippen LogP contribution in [0.1, 0.15) is 30.7 Å². The number of pyridine rings is 2. The number of piperazine rings is 1. The molecule has 1 aromatic carbocycles. The molecular weight excluding hydrogens is 432 g/mol. The summed E-state index contributed by atoms with van der Waals surface area (Å²) >= 11 is 0. The van der Waals surface area contributed by atoms with Crippen molar-refractivity contribution in [2.45, 2.75) is 27.2 Å². The van der Waals surface area contributed by atoms with Crippen LogP contribution in [0, 0.1) is 6.92 Å². The van der Waals surface area contributed by atoms with E-state index in [1.807, 2.05) is 18.6 Å². The Morgan fingerprint density at radius 2 is 1.83 bits per heavy atom. The quantitative estimate of drug-likeness (QED) is 0.420. The summed E-state index contributed by atoms with van der Waals surface area (Å²) in [5.41, 5.74) is 10.8. The Kier molecular flexibility index (Phi) is 5.53. The van der Waals surface area contributed by atoms with Crippen molar-refractivity contribution in [1.82, 2.24) is 19.3 Å². The summed E-state index contributed by atoms with van der Waals surface area (Å²) in [6, 6.07) is 13.3. The van der Waals surface area contributed by atoms with Gasteiger partial charge in [-0.3, -0.25) is 0 Å². The van der Waals surface area contributed by atoms with Crippen LogP contribution < -0.4 is 10.2 Å². The Hall–Kier alpha value is -3.64. The molecule has 0 bridgehead atoms. The first-order valence-electron chi connectivity index (χ1n) is 12.6. The maximum Gasteiger partial charge on any atom is 0.160 e. The average Bonchev–Trinajstić information content (AvgIpc) is 3.52. The lowest BCUT2D eigenvalue weighted by Crippen LogP contribution is -2.46. The second-order valence-electron chi connectivity index (χ2n) is 9.71. The van der Waals surface area contributed by atoms with Gasteiger partial charge in [0.1, 0.15) is 5.82 Å². The zero-order chi connectivity index (χ0) is 23.9. The van der Waals surface area contributed by atoms with Gasteiger partial charge in [-0.05, 0) is 61.7 Å². The van der Waals surface area contributed by atoms with Gasteiger partial charge in [0.2, 0.25) is 0 Å². The first-order valence-corrected chi connectivity index (χ1v) is 12.6. The first-order chi connectivity index (χ1) is 17.1. The number of hydrogen-bond acceptors (Lipinski definition) is 5. The number of fused-ring (bicyclic) bond motifs is 2. The van der Waals surface area contributed by atoms with Crippen LogP contribution in [-0.4, -0.2) is 52.0 Å². The van der Waals surface area contributed by atoms with Crippen molar-refractivity contribution in [3.63, 3.8) is 0 Å². The highest BCUT2D eigenvalue weighted by molar-refractivity contribution is 5.82. The van der Waals surface area contributed by atoms with E-state index in [-0.39, 0.29) is 0 Å². The average molecular weight is 465 g/mol. The molecule has 2 aliphatic rings. The van der Waals surface area contributed by atoms with Gasteiger partial charge in [-0.15, -0.1) is 0 Å². The molecule has 1 fully saturated rings. The molecule has 3 aromatic heterocycles. The van der Waals surface area contributed by atoms with Crippen LogP contribution in [0.25, 0.3) is 22.9 Å². The SMILES string of the molecule is CCN1CCN(c2ccc(Nc3cc(-c4ccc5c(c4)CC(C)=C5)c(C)n4ccnc34)nc2)CC1. The Morgan fingerprint density at radius 3 is 2.60 bits per heavy atom. The number of nitrogens with one attached hydrogen (secondary N) is 1. The van der Waals surface area contributed by atoms with Crippen LogP contribution in [0.2, 0.25) is 0 Å². The van der Waals surface area contributed by atoms with Gasteiger partial charge in [-0.2, -0.15) is 0 Å². The van der Waals surface area contributed by atoms with E-state index in [4.69, 9.17) is 4.98 Å². The number of anilines is 3. The molecule has 4 aromatic rings. The zero-order valence-electron chi connectivity index (χ0n) is 20.8. The normalized spacial score (nSPS) is 16.0. The van der Waals surface area contributed by atoms with Gasteiger partial charge >= 0.3 is 0 Å². The Bertz CT molecular complexity index is 1410. The molecule has 0 spiro atoms. The fraction of sp³-hybridized carbons (Fsp3) is 0.310. The number of nitrogens with zero attached hydrogens (tertiary/aromatic N) is 5. The minimum atomic E-state index is 0.828. The summed E-state index contributed by atoms with van der Waals surface area (Å²) in [4.78, 5) is 14.3. The number of aromatic nitrogens is 3. The van der Waals surface area contributed by atoms with E-state index in [1.165, 1.54) is 39.2 Å². The fourth-order valence-corrected chi connectivity index (χ4v) is 5.39. The van der Waals surface area contributed by atoms with Gasteiger partial charge < -0.3 is 19.5 Å². The predicted molar refractivity (Wildman–Crippen MR) is 145 cm³/mol. The predicted octanol–water partition coefficient (Wildman–Crippen LogP) is 5.55. The third kappa shape index (κ3) is 4.08. The molecule has 1 aliphatic carbocycles. The molecule has 0 amide bonds. The lowest BCUT2D eigenvalue weighted by molar-refractivity contribution is 0.271. The summed E-state index contributed by atoms with van der Waals surface area (Å²) in [7, 11) is 0. The van der Waals surface area contributed by atoms with Gasteiger partial charge in [0, 0.05) is 49.8 Å². The Balaban J connectivity index is 1.29. The second kappa shape index (κ2) is 8.86. The maximum atomic E-state index is 4.75. The molecule has 178 valence electrons. The van der Waals surface area contributed by atoms with Crippen molar-refractivity contribution >= 4 is 28.9 Å². The van der Waals surface area contributed by atoms with E-state index in [9.17, 15) is 0 Å². The van der Waals surface area contributed by atoms with E-state index < -0.39 is 0 Å². The monoisotopic (exact) mass is 464 g/mol. The summed E-state index contributed by atoms with van der Waals surface area (Å²) in [5, 5.41) is 3.54. The summed E-state index contributed by atoms with van der Waals surface area (Å²) in [6.45, 7) is 12.0. The minimum Gasteiger partial charge on any atom is -0.368 e. The summed E-state index contributed by atoms with van der Waals surface area (Å²) < 4.78 is 2.16. The van der Waals surface area contributed by atoms with Gasteiger partial charge in [0.05, 0.1) is 17.6 Å². The van der Waals surface area contributed by atoms with Crippen molar-refractivity contribution in [3.8, 4) is 11.1 Å². The van der Waals surface area contributed by atoms with E-state index in [2.05, 4.69) is 87.7 Å². The molecule has 6 heteroatoms. The topological polar surface area (TPSA) is 48.7 Å². The lowest BCUT2D eigenvalue weighted by Gasteiger charge is -2.35. The number of rotatable bonds is 5. The molecule has 1 N–H and O–H groups in total. The highest BCUT2D eigenvalue weighted by Gasteiger charge is 2.18. The first kappa shape index (κ1) is 21.9. The van der Waals surface area contributed by atoms with E-state index in [0.717, 1.165) is 56.3 Å². The van der Waals surface area contributed by atoms with Crippen molar-refractivity contribution in [1.29, 1.82) is 0 Å². The van der Waals surface area contributed by atoms with Gasteiger partial charge in [-0.25, -0.2) is 9.97 Å². The van der Waals surface area contributed by atoms with Crippen molar-refractivity contribution in [2.75, 3.05) is 42.9 Å². The molecule has 0 radical (unpaired) electrons. The van der Waals surface area contributed by atoms with Crippen molar-refractivity contribution in [2.24, 2.45) is 0 Å². The van der Waals surface area contributed by atoms with Crippen molar-refractivity contribution < 1.29 is 0 Å². The zero-order valence-corrected chi connectivity index (χ0v) is 20.8. The lowest BCUT2D eigenvalue weighted by atomic mass is 9.98. The highest BCUT2D eigenvalue weighted by Crippen LogP contribution is 2.34.